The predicted molar refractivity (Wildman–Crippen MR) is 101 cm³/mol. The van der Waals surface area contributed by atoms with Crippen molar-refractivity contribution in [2.75, 3.05) is 13.1 Å². The summed E-state index contributed by atoms with van der Waals surface area (Å²) in [7, 11) is 0. The number of benzene rings is 1. The van der Waals surface area contributed by atoms with Crippen LogP contribution in [0.5, 0.6) is 0 Å². The van der Waals surface area contributed by atoms with E-state index in [0.29, 0.717) is 18.8 Å². The van der Waals surface area contributed by atoms with Crippen LogP contribution in [0.4, 0.5) is 0 Å². The molecule has 1 aliphatic heterocycles. The van der Waals surface area contributed by atoms with Crippen LogP contribution in [-0.2, 0) is 19.6 Å². The van der Waals surface area contributed by atoms with E-state index in [-0.39, 0.29) is 5.91 Å². The van der Waals surface area contributed by atoms with Crippen molar-refractivity contribution < 1.29 is 4.79 Å². The SMILES string of the molecule is NCc1nc(C(=O)NCc2ccc(CN3CCCCCC3)cc2)cs1. The summed E-state index contributed by atoms with van der Waals surface area (Å²) in [4.78, 5) is 18.8. The van der Waals surface area contributed by atoms with Gasteiger partial charge in [-0.25, -0.2) is 4.98 Å². The number of carbonyl (C=O) groups excluding carboxylic acids is 1. The molecule has 0 saturated carbocycles. The number of amides is 1. The van der Waals surface area contributed by atoms with Crippen molar-refractivity contribution in [3.05, 3.63) is 51.5 Å². The van der Waals surface area contributed by atoms with Crippen LogP contribution < -0.4 is 11.1 Å². The number of likely N-dealkylation sites (tertiary alicyclic amines) is 1. The molecule has 0 bridgehead atoms. The zero-order chi connectivity index (χ0) is 17.5. The average Bonchev–Trinajstić information content (AvgIpc) is 2.99. The Balaban J connectivity index is 1.49. The fourth-order valence-electron chi connectivity index (χ4n) is 3.10. The molecule has 1 amide bonds. The van der Waals surface area contributed by atoms with Crippen LogP contribution >= 0.6 is 11.3 Å². The maximum absolute atomic E-state index is 12.1. The first-order valence-corrected chi connectivity index (χ1v) is 9.85. The molecule has 1 aromatic carbocycles. The van der Waals surface area contributed by atoms with Crippen LogP contribution in [0.3, 0.4) is 0 Å². The normalized spacial score (nSPS) is 15.7. The van der Waals surface area contributed by atoms with Crippen LogP contribution in [0.25, 0.3) is 0 Å². The lowest BCUT2D eigenvalue weighted by molar-refractivity contribution is 0.0946. The van der Waals surface area contributed by atoms with Crippen molar-refractivity contribution in [3.8, 4) is 0 Å². The van der Waals surface area contributed by atoms with E-state index in [2.05, 4.69) is 39.5 Å². The molecule has 0 radical (unpaired) electrons. The summed E-state index contributed by atoms with van der Waals surface area (Å²) in [5.41, 5.74) is 8.41. The summed E-state index contributed by atoms with van der Waals surface area (Å²) in [5.74, 6) is -0.149. The molecule has 134 valence electrons. The standard InChI is InChI=1S/C19H26N4OS/c20-11-18-22-17(14-25-18)19(24)21-12-15-5-7-16(8-6-15)13-23-9-3-1-2-4-10-23/h5-8,14H,1-4,9-13,20H2,(H,21,24). The van der Waals surface area contributed by atoms with Crippen molar-refractivity contribution in [3.63, 3.8) is 0 Å². The van der Waals surface area contributed by atoms with Crippen molar-refractivity contribution >= 4 is 17.2 Å². The minimum Gasteiger partial charge on any atom is -0.347 e. The second-order valence-electron chi connectivity index (χ2n) is 6.52. The number of aromatic nitrogens is 1. The van der Waals surface area contributed by atoms with Gasteiger partial charge in [0.05, 0.1) is 0 Å². The van der Waals surface area contributed by atoms with E-state index < -0.39 is 0 Å². The molecule has 0 aliphatic carbocycles. The lowest BCUT2D eigenvalue weighted by Crippen LogP contribution is -2.24. The van der Waals surface area contributed by atoms with E-state index in [0.717, 1.165) is 17.1 Å². The van der Waals surface area contributed by atoms with E-state index in [1.54, 1.807) is 5.38 Å². The number of thiazole rings is 1. The second kappa shape index (κ2) is 9.08. The zero-order valence-corrected chi connectivity index (χ0v) is 15.4. The molecule has 1 saturated heterocycles. The molecule has 0 spiro atoms. The van der Waals surface area contributed by atoms with Gasteiger partial charge >= 0.3 is 0 Å². The smallest absolute Gasteiger partial charge is 0.271 e. The Morgan fingerprint density at radius 3 is 2.44 bits per heavy atom. The maximum Gasteiger partial charge on any atom is 0.271 e. The number of hydrogen-bond acceptors (Lipinski definition) is 5. The van der Waals surface area contributed by atoms with Gasteiger partial charge in [-0.15, -0.1) is 11.3 Å². The molecular weight excluding hydrogens is 332 g/mol. The molecular formula is C19H26N4OS. The fraction of sp³-hybridized carbons (Fsp3) is 0.474. The van der Waals surface area contributed by atoms with Crippen LogP contribution in [-0.4, -0.2) is 28.9 Å². The Kier molecular flexibility index (Phi) is 6.55. The van der Waals surface area contributed by atoms with E-state index in [4.69, 9.17) is 5.73 Å². The van der Waals surface area contributed by atoms with Crippen LogP contribution in [0.15, 0.2) is 29.6 Å². The largest absolute Gasteiger partial charge is 0.347 e. The van der Waals surface area contributed by atoms with E-state index >= 15 is 0 Å². The highest BCUT2D eigenvalue weighted by atomic mass is 32.1. The minimum absolute atomic E-state index is 0.149. The van der Waals surface area contributed by atoms with Gasteiger partial charge < -0.3 is 11.1 Å². The predicted octanol–water partition coefficient (Wildman–Crippen LogP) is 2.91. The zero-order valence-electron chi connectivity index (χ0n) is 14.5. The van der Waals surface area contributed by atoms with E-state index in [1.807, 2.05) is 0 Å². The highest BCUT2D eigenvalue weighted by Crippen LogP contribution is 2.14. The minimum atomic E-state index is -0.149. The van der Waals surface area contributed by atoms with Crippen LogP contribution in [0.2, 0.25) is 0 Å². The summed E-state index contributed by atoms with van der Waals surface area (Å²) < 4.78 is 0. The van der Waals surface area contributed by atoms with Crippen LogP contribution in [0.1, 0.15) is 52.3 Å². The Morgan fingerprint density at radius 1 is 1.12 bits per heavy atom. The van der Waals surface area contributed by atoms with Crippen LogP contribution in [0, 0.1) is 0 Å². The number of rotatable bonds is 6. The summed E-state index contributed by atoms with van der Waals surface area (Å²) in [5, 5.41) is 5.45. The Labute approximate surface area is 153 Å². The third-order valence-electron chi connectivity index (χ3n) is 4.54. The topological polar surface area (TPSA) is 71.2 Å². The first-order valence-electron chi connectivity index (χ1n) is 8.97. The van der Waals surface area contributed by atoms with Crippen molar-refractivity contribution in [2.24, 2.45) is 5.73 Å². The quantitative estimate of drug-likeness (QED) is 0.833. The third kappa shape index (κ3) is 5.36. The molecule has 25 heavy (non-hydrogen) atoms. The highest BCUT2D eigenvalue weighted by molar-refractivity contribution is 7.09. The molecule has 1 aliphatic rings. The van der Waals surface area contributed by atoms with E-state index in [9.17, 15) is 4.79 Å². The summed E-state index contributed by atoms with van der Waals surface area (Å²) in [6.07, 6.45) is 5.35. The summed E-state index contributed by atoms with van der Waals surface area (Å²) >= 11 is 1.42. The highest BCUT2D eigenvalue weighted by Gasteiger charge is 2.11. The second-order valence-corrected chi connectivity index (χ2v) is 7.46. The van der Waals surface area contributed by atoms with Crippen molar-refractivity contribution in [2.45, 2.75) is 45.3 Å². The Morgan fingerprint density at radius 2 is 1.80 bits per heavy atom. The van der Waals surface area contributed by atoms with Gasteiger partial charge in [0.2, 0.25) is 0 Å². The maximum atomic E-state index is 12.1. The van der Waals surface area contributed by atoms with Gasteiger partial charge in [-0.05, 0) is 37.1 Å². The summed E-state index contributed by atoms with van der Waals surface area (Å²) in [6, 6.07) is 8.53. The van der Waals surface area contributed by atoms with Crippen molar-refractivity contribution in [1.82, 2.24) is 15.2 Å². The van der Waals surface area contributed by atoms with Gasteiger partial charge in [0.25, 0.3) is 5.91 Å². The number of carbonyl (C=O) groups is 1. The van der Waals surface area contributed by atoms with Gasteiger partial charge in [0.1, 0.15) is 10.7 Å². The number of hydrogen-bond donors (Lipinski definition) is 2. The van der Waals surface area contributed by atoms with Gasteiger partial charge in [0, 0.05) is 25.0 Å². The van der Waals surface area contributed by atoms with Gasteiger partial charge in [-0.3, -0.25) is 9.69 Å². The number of nitrogens with zero attached hydrogens (tertiary/aromatic N) is 2. The van der Waals surface area contributed by atoms with Gasteiger partial charge in [0.15, 0.2) is 0 Å². The lowest BCUT2D eigenvalue weighted by atomic mass is 10.1. The molecule has 3 N–H and O–H groups in total. The van der Waals surface area contributed by atoms with Gasteiger partial charge in [-0.2, -0.15) is 0 Å². The molecule has 6 heteroatoms. The molecule has 0 atom stereocenters. The lowest BCUT2D eigenvalue weighted by Gasteiger charge is -2.19. The molecule has 1 aromatic heterocycles. The summed E-state index contributed by atoms with van der Waals surface area (Å²) in [6.45, 7) is 4.31. The first-order chi connectivity index (χ1) is 12.2. The number of nitrogens with two attached hydrogens (primary N) is 1. The fourth-order valence-corrected chi connectivity index (χ4v) is 3.75. The van der Waals surface area contributed by atoms with Crippen molar-refractivity contribution in [1.29, 1.82) is 0 Å². The first kappa shape index (κ1) is 18.0. The Hall–Kier alpha value is -1.76. The monoisotopic (exact) mass is 358 g/mol. The molecule has 5 nitrogen and oxygen atoms in total. The molecule has 2 aromatic rings. The number of nitrogens with one attached hydrogen (secondary N) is 1. The molecule has 3 rings (SSSR count). The molecule has 1 fully saturated rings. The van der Waals surface area contributed by atoms with Gasteiger partial charge in [-0.1, -0.05) is 37.1 Å². The van der Waals surface area contributed by atoms with E-state index in [1.165, 1.54) is 55.7 Å². The molecule has 2 heterocycles. The molecule has 0 unspecified atom stereocenters. The Bertz CT molecular complexity index is 675. The average molecular weight is 359 g/mol. The third-order valence-corrected chi connectivity index (χ3v) is 5.41.